The Morgan fingerprint density at radius 2 is 1.90 bits per heavy atom. The second kappa shape index (κ2) is 8.58. The van der Waals surface area contributed by atoms with E-state index in [0.29, 0.717) is 31.1 Å². The third-order valence-corrected chi connectivity index (χ3v) is 6.54. The maximum atomic E-state index is 12.7. The first-order chi connectivity index (χ1) is 14.3. The van der Waals surface area contributed by atoms with E-state index in [4.69, 9.17) is 4.74 Å². The van der Waals surface area contributed by atoms with Crippen LogP contribution in [-0.4, -0.2) is 54.0 Å². The van der Waals surface area contributed by atoms with Gasteiger partial charge >= 0.3 is 0 Å². The molecule has 4 rings (SSSR count). The largest absolute Gasteiger partial charge is 0.493 e. The van der Waals surface area contributed by atoms with Gasteiger partial charge in [-0.05, 0) is 89.0 Å². The number of nitrogens with one attached hydrogen (secondary N) is 2. The van der Waals surface area contributed by atoms with Crippen molar-refractivity contribution in [3.63, 3.8) is 0 Å². The summed E-state index contributed by atoms with van der Waals surface area (Å²) in [6, 6.07) is 6.67. The summed E-state index contributed by atoms with van der Waals surface area (Å²) in [6.45, 7) is 8.01. The number of ether oxygens (including phenoxy) is 1. The average Bonchev–Trinajstić information content (AvgIpc) is 2.92. The SMILES string of the molecule is CC(C)(C)NC(=O)CN1[C@@H]2CC[C@H]1CC(CNC(=O)c1ccc3c(c1)CCCO3)C2. The van der Waals surface area contributed by atoms with Crippen molar-refractivity contribution in [2.75, 3.05) is 19.7 Å². The van der Waals surface area contributed by atoms with Gasteiger partial charge < -0.3 is 15.4 Å². The first-order valence-corrected chi connectivity index (χ1v) is 11.4. The molecular formula is C24H35N3O3. The number of nitrogens with zero attached hydrogens (tertiary/aromatic N) is 1. The average molecular weight is 414 g/mol. The van der Waals surface area contributed by atoms with Crippen LogP contribution in [0.1, 0.15) is 68.8 Å². The molecule has 2 amide bonds. The summed E-state index contributed by atoms with van der Waals surface area (Å²) in [5.74, 6) is 1.51. The van der Waals surface area contributed by atoms with Crippen LogP contribution in [0.4, 0.5) is 0 Å². The van der Waals surface area contributed by atoms with E-state index in [-0.39, 0.29) is 17.4 Å². The van der Waals surface area contributed by atoms with Crippen LogP contribution in [-0.2, 0) is 11.2 Å². The zero-order valence-electron chi connectivity index (χ0n) is 18.5. The van der Waals surface area contributed by atoms with Crippen molar-refractivity contribution in [3.05, 3.63) is 29.3 Å². The van der Waals surface area contributed by atoms with Crippen LogP contribution in [0, 0.1) is 5.92 Å². The number of hydrogen-bond donors (Lipinski definition) is 2. The summed E-state index contributed by atoms with van der Waals surface area (Å²) in [6.07, 6.45) is 6.40. The molecule has 2 bridgehead atoms. The molecule has 0 radical (unpaired) electrons. The van der Waals surface area contributed by atoms with Gasteiger partial charge in [-0.3, -0.25) is 14.5 Å². The third-order valence-electron chi connectivity index (χ3n) is 6.54. The molecule has 1 aromatic carbocycles. The van der Waals surface area contributed by atoms with Crippen LogP contribution in [0.15, 0.2) is 18.2 Å². The summed E-state index contributed by atoms with van der Waals surface area (Å²) in [4.78, 5) is 27.5. The van der Waals surface area contributed by atoms with E-state index in [2.05, 4.69) is 15.5 Å². The molecule has 30 heavy (non-hydrogen) atoms. The number of benzene rings is 1. The van der Waals surface area contributed by atoms with Crippen LogP contribution in [0.25, 0.3) is 0 Å². The zero-order chi connectivity index (χ0) is 21.3. The number of rotatable bonds is 5. The molecule has 3 aliphatic rings. The smallest absolute Gasteiger partial charge is 0.251 e. The lowest BCUT2D eigenvalue weighted by Gasteiger charge is -2.39. The van der Waals surface area contributed by atoms with E-state index in [1.807, 2.05) is 39.0 Å². The van der Waals surface area contributed by atoms with Gasteiger partial charge in [-0.15, -0.1) is 0 Å². The van der Waals surface area contributed by atoms with Crippen molar-refractivity contribution in [3.8, 4) is 5.75 Å². The monoisotopic (exact) mass is 413 g/mol. The minimum Gasteiger partial charge on any atom is -0.493 e. The normalized spacial score (nSPS) is 25.9. The summed E-state index contributed by atoms with van der Waals surface area (Å²) < 4.78 is 5.64. The van der Waals surface area contributed by atoms with E-state index in [9.17, 15) is 9.59 Å². The van der Waals surface area contributed by atoms with Gasteiger partial charge in [0.05, 0.1) is 13.2 Å². The van der Waals surface area contributed by atoms with Crippen LogP contribution < -0.4 is 15.4 Å². The Hall–Kier alpha value is -2.08. The molecule has 2 saturated heterocycles. The second-order valence-corrected chi connectivity index (χ2v) is 10.2. The maximum Gasteiger partial charge on any atom is 0.251 e. The van der Waals surface area contributed by atoms with Gasteiger partial charge in [-0.1, -0.05) is 0 Å². The fourth-order valence-electron chi connectivity index (χ4n) is 5.28. The summed E-state index contributed by atoms with van der Waals surface area (Å²) in [5.41, 5.74) is 1.66. The molecule has 6 heteroatoms. The highest BCUT2D eigenvalue weighted by Gasteiger charge is 2.41. The van der Waals surface area contributed by atoms with Crippen LogP contribution in [0.5, 0.6) is 5.75 Å². The van der Waals surface area contributed by atoms with Gasteiger partial charge in [0, 0.05) is 29.7 Å². The number of fused-ring (bicyclic) bond motifs is 3. The predicted molar refractivity (Wildman–Crippen MR) is 117 cm³/mol. The summed E-state index contributed by atoms with van der Waals surface area (Å²) in [5, 5.41) is 6.23. The van der Waals surface area contributed by atoms with Crippen molar-refractivity contribution < 1.29 is 14.3 Å². The molecule has 3 heterocycles. The molecule has 1 unspecified atom stereocenters. The van der Waals surface area contributed by atoms with E-state index in [0.717, 1.165) is 62.0 Å². The molecule has 6 nitrogen and oxygen atoms in total. The molecule has 0 aliphatic carbocycles. The van der Waals surface area contributed by atoms with Crippen LogP contribution >= 0.6 is 0 Å². The molecule has 0 saturated carbocycles. The lowest BCUT2D eigenvalue weighted by Crippen LogP contribution is -2.52. The highest BCUT2D eigenvalue weighted by molar-refractivity contribution is 5.94. The third kappa shape index (κ3) is 4.97. The molecule has 0 spiro atoms. The van der Waals surface area contributed by atoms with Crippen molar-refractivity contribution in [2.45, 2.75) is 76.9 Å². The van der Waals surface area contributed by atoms with Crippen LogP contribution in [0.2, 0.25) is 0 Å². The maximum absolute atomic E-state index is 12.7. The van der Waals surface area contributed by atoms with Gasteiger partial charge in [0.2, 0.25) is 5.91 Å². The standard InChI is InChI=1S/C24H35N3O3/c1-24(2,3)26-22(28)15-27-19-7-8-20(27)12-16(11-19)14-25-23(29)18-6-9-21-17(13-18)5-4-10-30-21/h6,9,13,16,19-20H,4-5,7-8,10-12,14-15H2,1-3H3,(H,25,29)(H,26,28)/t16?,19-,20+. The number of carbonyl (C=O) groups is 2. The first-order valence-electron chi connectivity index (χ1n) is 11.4. The van der Waals surface area contributed by atoms with E-state index >= 15 is 0 Å². The molecule has 2 fully saturated rings. The minimum atomic E-state index is -0.193. The molecular weight excluding hydrogens is 378 g/mol. The van der Waals surface area contributed by atoms with Crippen molar-refractivity contribution in [1.82, 2.24) is 15.5 Å². The summed E-state index contributed by atoms with van der Waals surface area (Å²) >= 11 is 0. The molecule has 1 aromatic rings. The fourth-order valence-corrected chi connectivity index (χ4v) is 5.28. The van der Waals surface area contributed by atoms with Gasteiger partial charge in [-0.25, -0.2) is 0 Å². The highest BCUT2D eigenvalue weighted by atomic mass is 16.5. The molecule has 164 valence electrons. The number of aryl methyl sites for hydroxylation is 1. The lowest BCUT2D eigenvalue weighted by atomic mass is 9.90. The number of piperidine rings is 1. The van der Waals surface area contributed by atoms with Gasteiger partial charge in [0.25, 0.3) is 5.91 Å². The molecule has 2 N–H and O–H groups in total. The summed E-state index contributed by atoms with van der Waals surface area (Å²) in [7, 11) is 0. The molecule has 0 aromatic heterocycles. The number of hydrogen-bond acceptors (Lipinski definition) is 4. The highest BCUT2D eigenvalue weighted by Crippen LogP contribution is 2.38. The van der Waals surface area contributed by atoms with Gasteiger partial charge in [0.1, 0.15) is 5.75 Å². The Kier molecular flexibility index (Phi) is 6.05. The Morgan fingerprint density at radius 3 is 2.60 bits per heavy atom. The molecule has 3 aliphatic heterocycles. The van der Waals surface area contributed by atoms with Crippen molar-refractivity contribution in [1.29, 1.82) is 0 Å². The topological polar surface area (TPSA) is 70.7 Å². The van der Waals surface area contributed by atoms with Crippen LogP contribution in [0.3, 0.4) is 0 Å². The van der Waals surface area contributed by atoms with E-state index in [1.54, 1.807) is 0 Å². The Balaban J connectivity index is 1.28. The Labute approximate surface area is 179 Å². The minimum absolute atomic E-state index is 0.00250. The predicted octanol–water partition coefficient (Wildman–Crippen LogP) is 2.90. The fraction of sp³-hybridized carbons (Fsp3) is 0.667. The number of carbonyl (C=O) groups excluding carboxylic acids is 2. The van der Waals surface area contributed by atoms with Crippen molar-refractivity contribution in [2.24, 2.45) is 5.92 Å². The lowest BCUT2D eigenvalue weighted by molar-refractivity contribution is -0.125. The Bertz CT molecular complexity index is 787. The van der Waals surface area contributed by atoms with E-state index in [1.165, 1.54) is 0 Å². The first kappa shape index (κ1) is 21.2. The second-order valence-electron chi connectivity index (χ2n) is 10.2. The quantitative estimate of drug-likeness (QED) is 0.779. The van der Waals surface area contributed by atoms with Crippen molar-refractivity contribution >= 4 is 11.8 Å². The number of amides is 2. The van der Waals surface area contributed by atoms with E-state index < -0.39 is 0 Å². The zero-order valence-corrected chi connectivity index (χ0v) is 18.5. The molecule has 3 atom stereocenters. The van der Waals surface area contributed by atoms with Gasteiger partial charge in [0.15, 0.2) is 0 Å². The van der Waals surface area contributed by atoms with Gasteiger partial charge in [-0.2, -0.15) is 0 Å². The Morgan fingerprint density at radius 1 is 1.17 bits per heavy atom.